The summed E-state index contributed by atoms with van der Waals surface area (Å²) in [7, 11) is 0. The second-order valence-electron chi connectivity index (χ2n) is 3.84. The van der Waals surface area contributed by atoms with Crippen LogP contribution in [0.3, 0.4) is 0 Å². The van der Waals surface area contributed by atoms with Gasteiger partial charge in [0.25, 0.3) is 0 Å². The predicted octanol–water partition coefficient (Wildman–Crippen LogP) is 2.93. The van der Waals surface area contributed by atoms with Crippen LogP contribution in [0.25, 0.3) is 0 Å². The second-order valence-corrected chi connectivity index (χ2v) is 3.84. The molecule has 0 radical (unpaired) electrons. The highest BCUT2D eigenvalue weighted by atomic mass is 14.8. The molecule has 1 aromatic rings. The van der Waals surface area contributed by atoms with E-state index in [2.05, 4.69) is 43.4 Å². The lowest BCUT2D eigenvalue weighted by molar-refractivity contribution is 0.640. The summed E-state index contributed by atoms with van der Waals surface area (Å²) in [5.41, 5.74) is 2.83. The van der Waals surface area contributed by atoms with Gasteiger partial charge in [0, 0.05) is 0 Å². The van der Waals surface area contributed by atoms with Crippen LogP contribution < -0.4 is 5.32 Å². The third-order valence-electron chi connectivity index (χ3n) is 2.33. The fraction of sp³-hybridized carbons (Fsp3) is 0.538. The molecule has 0 fully saturated rings. The molecule has 0 unspecified atom stereocenters. The first-order chi connectivity index (χ1) is 6.83. The van der Waals surface area contributed by atoms with Crippen LogP contribution in [0, 0.1) is 6.92 Å². The third kappa shape index (κ3) is 4.43. The van der Waals surface area contributed by atoms with Gasteiger partial charge in [-0.25, -0.2) is 0 Å². The molecule has 0 bridgehead atoms. The lowest BCUT2D eigenvalue weighted by Crippen LogP contribution is -2.16. The van der Waals surface area contributed by atoms with Crippen molar-refractivity contribution in [1.29, 1.82) is 0 Å². The van der Waals surface area contributed by atoms with Crippen LogP contribution in [-0.4, -0.2) is 13.1 Å². The van der Waals surface area contributed by atoms with Crippen molar-refractivity contribution in [3.05, 3.63) is 35.4 Å². The maximum absolute atomic E-state index is 3.42. The van der Waals surface area contributed by atoms with Gasteiger partial charge in [0.15, 0.2) is 0 Å². The molecule has 14 heavy (non-hydrogen) atoms. The maximum Gasteiger partial charge on any atom is -0.00458 e. The van der Waals surface area contributed by atoms with Crippen LogP contribution in [0.2, 0.25) is 0 Å². The number of rotatable bonds is 6. The normalized spacial score (nSPS) is 10.4. The lowest BCUT2D eigenvalue weighted by atomic mass is 10.1. The minimum Gasteiger partial charge on any atom is -0.317 e. The van der Waals surface area contributed by atoms with Crippen molar-refractivity contribution in [1.82, 2.24) is 5.32 Å². The second kappa shape index (κ2) is 6.61. The third-order valence-corrected chi connectivity index (χ3v) is 2.33. The SMILES string of the molecule is CCCNCCCc1cccc(C)c1. The summed E-state index contributed by atoms with van der Waals surface area (Å²) in [6.07, 6.45) is 3.66. The summed E-state index contributed by atoms with van der Waals surface area (Å²) >= 11 is 0. The molecular weight excluding hydrogens is 170 g/mol. The first-order valence-electron chi connectivity index (χ1n) is 5.59. The minimum absolute atomic E-state index is 1.14. The average Bonchev–Trinajstić information content (AvgIpc) is 2.18. The van der Waals surface area contributed by atoms with E-state index in [1.165, 1.54) is 30.4 Å². The molecule has 0 heterocycles. The van der Waals surface area contributed by atoms with E-state index in [-0.39, 0.29) is 0 Å². The monoisotopic (exact) mass is 191 g/mol. The summed E-state index contributed by atoms with van der Waals surface area (Å²) < 4.78 is 0. The highest BCUT2D eigenvalue weighted by molar-refractivity contribution is 5.22. The number of hydrogen-bond donors (Lipinski definition) is 1. The van der Waals surface area contributed by atoms with Gasteiger partial charge in [-0.05, 0) is 44.8 Å². The largest absolute Gasteiger partial charge is 0.317 e. The standard InChI is InChI=1S/C13H21N/c1-3-9-14-10-5-8-13-7-4-6-12(2)11-13/h4,6-7,11,14H,3,5,8-10H2,1-2H3. The first kappa shape index (κ1) is 11.3. The summed E-state index contributed by atoms with van der Waals surface area (Å²) in [6.45, 7) is 6.64. The summed E-state index contributed by atoms with van der Waals surface area (Å²) in [4.78, 5) is 0. The van der Waals surface area contributed by atoms with Crippen LogP contribution in [0.15, 0.2) is 24.3 Å². The minimum atomic E-state index is 1.14. The summed E-state index contributed by atoms with van der Waals surface area (Å²) in [6, 6.07) is 8.79. The molecule has 1 N–H and O–H groups in total. The number of benzene rings is 1. The fourth-order valence-electron chi connectivity index (χ4n) is 1.59. The quantitative estimate of drug-likeness (QED) is 0.682. The van der Waals surface area contributed by atoms with E-state index < -0.39 is 0 Å². The smallest absolute Gasteiger partial charge is 0.00458 e. The van der Waals surface area contributed by atoms with Gasteiger partial charge >= 0.3 is 0 Å². The lowest BCUT2D eigenvalue weighted by Gasteiger charge is -2.03. The van der Waals surface area contributed by atoms with Crippen molar-refractivity contribution in [3.8, 4) is 0 Å². The Kier molecular flexibility index (Phi) is 5.31. The molecule has 0 aromatic heterocycles. The molecule has 78 valence electrons. The number of aryl methyl sites for hydroxylation is 2. The Bertz CT molecular complexity index is 255. The van der Waals surface area contributed by atoms with Crippen LogP contribution in [-0.2, 0) is 6.42 Å². The Morgan fingerprint density at radius 3 is 2.79 bits per heavy atom. The van der Waals surface area contributed by atoms with Crippen molar-refractivity contribution in [2.45, 2.75) is 33.1 Å². The van der Waals surface area contributed by atoms with E-state index >= 15 is 0 Å². The zero-order chi connectivity index (χ0) is 10.2. The molecular formula is C13H21N. The molecule has 1 nitrogen and oxygen atoms in total. The van der Waals surface area contributed by atoms with Gasteiger partial charge in [-0.3, -0.25) is 0 Å². The predicted molar refractivity (Wildman–Crippen MR) is 62.7 cm³/mol. The number of hydrogen-bond acceptors (Lipinski definition) is 1. The van der Waals surface area contributed by atoms with Gasteiger partial charge in [0.05, 0.1) is 0 Å². The van der Waals surface area contributed by atoms with Crippen LogP contribution in [0.5, 0.6) is 0 Å². The van der Waals surface area contributed by atoms with E-state index in [4.69, 9.17) is 0 Å². The average molecular weight is 191 g/mol. The van der Waals surface area contributed by atoms with Gasteiger partial charge in [-0.1, -0.05) is 36.8 Å². The molecule has 0 aliphatic carbocycles. The van der Waals surface area contributed by atoms with Crippen LogP contribution in [0.1, 0.15) is 30.9 Å². The van der Waals surface area contributed by atoms with Gasteiger partial charge in [0.1, 0.15) is 0 Å². The zero-order valence-corrected chi connectivity index (χ0v) is 9.34. The van der Waals surface area contributed by atoms with Gasteiger partial charge in [-0.15, -0.1) is 0 Å². The topological polar surface area (TPSA) is 12.0 Å². The molecule has 1 heteroatoms. The molecule has 1 aromatic carbocycles. The maximum atomic E-state index is 3.42. The Hall–Kier alpha value is -0.820. The Labute approximate surface area is 87.5 Å². The molecule has 0 atom stereocenters. The summed E-state index contributed by atoms with van der Waals surface area (Å²) in [5.74, 6) is 0. The molecule has 0 aliphatic rings. The van der Waals surface area contributed by atoms with Crippen molar-refractivity contribution in [2.24, 2.45) is 0 Å². The van der Waals surface area contributed by atoms with Gasteiger partial charge in [0.2, 0.25) is 0 Å². The molecule has 0 saturated heterocycles. The highest BCUT2D eigenvalue weighted by Crippen LogP contribution is 2.05. The van der Waals surface area contributed by atoms with Crippen molar-refractivity contribution >= 4 is 0 Å². The zero-order valence-electron chi connectivity index (χ0n) is 9.34. The van der Waals surface area contributed by atoms with Gasteiger partial charge < -0.3 is 5.32 Å². The van der Waals surface area contributed by atoms with Crippen LogP contribution in [0.4, 0.5) is 0 Å². The Morgan fingerprint density at radius 1 is 1.21 bits per heavy atom. The molecule has 1 rings (SSSR count). The van der Waals surface area contributed by atoms with Gasteiger partial charge in [-0.2, -0.15) is 0 Å². The van der Waals surface area contributed by atoms with Crippen molar-refractivity contribution in [3.63, 3.8) is 0 Å². The Morgan fingerprint density at radius 2 is 2.07 bits per heavy atom. The number of nitrogens with one attached hydrogen (secondary N) is 1. The first-order valence-corrected chi connectivity index (χ1v) is 5.59. The van der Waals surface area contributed by atoms with E-state index in [9.17, 15) is 0 Å². The van der Waals surface area contributed by atoms with E-state index in [1.54, 1.807) is 0 Å². The Balaban J connectivity index is 2.18. The van der Waals surface area contributed by atoms with Crippen molar-refractivity contribution in [2.75, 3.05) is 13.1 Å². The van der Waals surface area contributed by atoms with Crippen molar-refractivity contribution < 1.29 is 0 Å². The highest BCUT2D eigenvalue weighted by Gasteiger charge is 1.93. The van der Waals surface area contributed by atoms with E-state index in [0.29, 0.717) is 0 Å². The summed E-state index contributed by atoms with van der Waals surface area (Å²) in [5, 5.41) is 3.42. The fourth-order valence-corrected chi connectivity index (χ4v) is 1.59. The molecule has 0 spiro atoms. The molecule has 0 amide bonds. The van der Waals surface area contributed by atoms with E-state index in [1.807, 2.05) is 0 Å². The molecule has 0 saturated carbocycles. The van der Waals surface area contributed by atoms with Crippen LogP contribution >= 0.6 is 0 Å². The molecule has 0 aliphatic heterocycles. The van der Waals surface area contributed by atoms with E-state index in [0.717, 1.165) is 13.1 Å².